The summed E-state index contributed by atoms with van der Waals surface area (Å²) in [5, 5.41) is 4.74. The molecule has 0 radical (unpaired) electrons. The minimum Gasteiger partial charge on any atom is -0.456 e. The van der Waals surface area contributed by atoms with Crippen LogP contribution in [-0.2, 0) is 5.41 Å². The van der Waals surface area contributed by atoms with Gasteiger partial charge in [0.2, 0.25) is 0 Å². The molecule has 1 aliphatic rings. The maximum Gasteiger partial charge on any atom is 0.137 e. The molecule has 57 heavy (non-hydrogen) atoms. The van der Waals surface area contributed by atoms with Crippen LogP contribution in [0.4, 0.5) is 17.1 Å². The number of para-hydroxylation sites is 1. The molecule has 1 heterocycles. The summed E-state index contributed by atoms with van der Waals surface area (Å²) >= 11 is 0. The molecule has 0 unspecified atom stereocenters. The van der Waals surface area contributed by atoms with Gasteiger partial charge in [0.25, 0.3) is 0 Å². The second kappa shape index (κ2) is 13.0. The molecular formula is C55H39NO. The van der Waals surface area contributed by atoms with Crippen LogP contribution in [0.3, 0.4) is 0 Å². The van der Waals surface area contributed by atoms with Gasteiger partial charge in [0, 0.05) is 39.3 Å². The van der Waals surface area contributed by atoms with E-state index in [0.717, 1.165) is 39.0 Å². The summed E-state index contributed by atoms with van der Waals surface area (Å²) in [6.45, 7) is 4.73. The SMILES string of the molecule is CC1(C)c2cc(N(c3ccc(-c4cc(-c5ccccc5)c5ccccc5c4)cc3)c3ccc4c(c3)oc3ccccc34)ccc2-c2c(-c3ccccc3)cccc21. The van der Waals surface area contributed by atoms with E-state index in [4.69, 9.17) is 4.42 Å². The topological polar surface area (TPSA) is 16.4 Å². The Morgan fingerprint density at radius 1 is 0.368 bits per heavy atom. The predicted molar refractivity (Wildman–Crippen MR) is 240 cm³/mol. The van der Waals surface area contributed by atoms with Gasteiger partial charge in [-0.3, -0.25) is 0 Å². The summed E-state index contributed by atoms with van der Waals surface area (Å²) in [6.07, 6.45) is 0. The van der Waals surface area contributed by atoms with Crippen LogP contribution >= 0.6 is 0 Å². The zero-order chi connectivity index (χ0) is 38.1. The molecular weight excluding hydrogens is 691 g/mol. The van der Waals surface area contributed by atoms with Gasteiger partial charge in [-0.05, 0) is 121 Å². The van der Waals surface area contributed by atoms with Crippen LogP contribution in [0.2, 0.25) is 0 Å². The van der Waals surface area contributed by atoms with E-state index in [1.165, 1.54) is 66.4 Å². The van der Waals surface area contributed by atoms with Crippen molar-refractivity contribution in [3.8, 4) is 44.5 Å². The molecule has 0 N–H and O–H groups in total. The van der Waals surface area contributed by atoms with Crippen LogP contribution in [0.25, 0.3) is 77.2 Å². The van der Waals surface area contributed by atoms with Gasteiger partial charge in [0.15, 0.2) is 0 Å². The van der Waals surface area contributed by atoms with Gasteiger partial charge in [-0.1, -0.05) is 153 Å². The van der Waals surface area contributed by atoms with Gasteiger partial charge in [0.05, 0.1) is 0 Å². The molecule has 0 spiro atoms. The first-order valence-electron chi connectivity index (χ1n) is 19.8. The van der Waals surface area contributed by atoms with Crippen molar-refractivity contribution in [3.05, 3.63) is 211 Å². The Bertz CT molecular complexity index is 3140. The molecule has 2 nitrogen and oxygen atoms in total. The molecule has 0 saturated carbocycles. The lowest BCUT2D eigenvalue weighted by molar-refractivity contribution is 0.660. The van der Waals surface area contributed by atoms with Crippen molar-refractivity contribution in [2.75, 3.05) is 4.90 Å². The lowest BCUT2D eigenvalue weighted by atomic mass is 9.81. The van der Waals surface area contributed by atoms with Crippen LogP contribution in [0, 0.1) is 0 Å². The lowest BCUT2D eigenvalue weighted by Crippen LogP contribution is -2.16. The molecule has 1 aliphatic carbocycles. The quantitative estimate of drug-likeness (QED) is 0.169. The third-order valence-corrected chi connectivity index (χ3v) is 12.1. The number of rotatable bonds is 6. The number of hydrogen-bond donors (Lipinski definition) is 0. The lowest BCUT2D eigenvalue weighted by Gasteiger charge is -2.28. The average Bonchev–Trinajstić information content (AvgIpc) is 3.75. The second-order valence-electron chi connectivity index (χ2n) is 15.7. The van der Waals surface area contributed by atoms with Crippen LogP contribution in [-0.4, -0.2) is 0 Å². The normalized spacial score (nSPS) is 12.9. The summed E-state index contributed by atoms with van der Waals surface area (Å²) in [5.41, 5.74) is 17.5. The Morgan fingerprint density at radius 3 is 1.79 bits per heavy atom. The Hall–Kier alpha value is -7.16. The molecule has 0 amide bonds. The first-order chi connectivity index (χ1) is 28.0. The number of furan rings is 1. The smallest absolute Gasteiger partial charge is 0.137 e. The van der Waals surface area contributed by atoms with Gasteiger partial charge in [-0.25, -0.2) is 0 Å². The molecule has 0 atom stereocenters. The van der Waals surface area contributed by atoms with Crippen molar-refractivity contribution in [1.29, 1.82) is 0 Å². The standard InChI is InChI=1S/C55H39NO/c1-55(2)50-22-13-21-45(37-14-5-3-6-15-37)54(50)48-31-29-42(34-51(48)55)56(43-28-30-47-46-20-11-12-23-52(46)57-53(47)35-43)41-26-24-36(25-27-41)40-32-39-18-9-10-19-44(39)49(33-40)38-16-7-4-8-17-38/h3-35H,1-2H3. The number of nitrogens with zero attached hydrogens (tertiary/aromatic N) is 1. The minimum atomic E-state index is -0.184. The van der Waals surface area contributed by atoms with E-state index < -0.39 is 0 Å². The van der Waals surface area contributed by atoms with Gasteiger partial charge >= 0.3 is 0 Å². The Morgan fingerprint density at radius 2 is 1.00 bits per heavy atom. The van der Waals surface area contributed by atoms with Crippen molar-refractivity contribution in [3.63, 3.8) is 0 Å². The molecule has 11 rings (SSSR count). The zero-order valence-corrected chi connectivity index (χ0v) is 31.9. The van der Waals surface area contributed by atoms with E-state index in [0.29, 0.717) is 0 Å². The zero-order valence-electron chi connectivity index (χ0n) is 31.9. The van der Waals surface area contributed by atoms with Gasteiger partial charge in [0.1, 0.15) is 11.2 Å². The van der Waals surface area contributed by atoms with Gasteiger partial charge in [-0.15, -0.1) is 0 Å². The van der Waals surface area contributed by atoms with Gasteiger partial charge < -0.3 is 9.32 Å². The molecule has 0 fully saturated rings. The second-order valence-corrected chi connectivity index (χ2v) is 15.7. The van der Waals surface area contributed by atoms with Crippen molar-refractivity contribution in [2.45, 2.75) is 19.3 Å². The largest absolute Gasteiger partial charge is 0.456 e. The molecule has 10 aromatic rings. The summed E-state index contributed by atoms with van der Waals surface area (Å²) in [7, 11) is 0. The highest BCUT2D eigenvalue weighted by Crippen LogP contribution is 2.54. The van der Waals surface area contributed by atoms with E-state index in [9.17, 15) is 0 Å². The molecule has 0 aliphatic heterocycles. The monoisotopic (exact) mass is 729 g/mol. The third-order valence-electron chi connectivity index (χ3n) is 12.1. The summed E-state index contributed by atoms with van der Waals surface area (Å²) in [6, 6.07) is 72.6. The first-order valence-corrected chi connectivity index (χ1v) is 19.8. The summed E-state index contributed by atoms with van der Waals surface area (Å²) in [5.74, 6) is 0. The van der Waals surface area contributed by atoms with Crippen molar-refractivity contribution >= 4 is 49.8 Å². The van der Waals surface area contributed by atoms with E-state index in [2.05, 4.69) is 207 Å². The Labute approximate surface area is 332 Å². The number of benzene rings is 9. The highest BCUT2D eigenvalue weighted by atomic mass is 16.3. The van der Waals surface area contributed by atoms with Crippen molar-refractivity contribution < 1.29 is 4.42 Å². The summed E-state index contributed by atoms with van der Waals surface area (Å²) < 4.78 is 6.45. The first kappa shape index (κ1) is 33.2. The van der Waals surface area contributed by atoms with E-state index in [-0.39, 0.29) is 5.41 Å². The van der Waals surface area contributed by atoms with Crippen LogP contribution in [0.1, 0.15) is 25.0 Å². The molecule has 0 bridgehead atoms. The highest BCUT2D eigenvalue weighted by molar-refractivity contribution is 6.06. The molecule has 2 heteroatoms. The molecule has 0 saturated heterocycles. The van der Waals surface area contributed by atoms with E-state index in [1.807, 2.05) is 12.1 Å². The number of hydrogen-bond acceptors (Lipinski definition) is 2. The van der Waals surface area contributed by atoms with E-state index in [1.54, 1.807) is 0 Å². The Balaban J connectivity index is 1.06. The highest BCUT2D eigenvalue weighted by Gasteiger charge is 2.37. The maximum absolute atomic E-state index is 6.45. The average molecular weight is 730 g/mol. The fourth-order valence-electron chi connectivity index (χ4n) is 9.21. The van der Waals surface area contributed by atoms with Gasteiger partial charge in [-0.2, -0.15) is 0 Å². The van der Waals surface area contributed by atoms with Crippen molar-refractivity contribution in [2.24, 2.45) is 0 Å². The summed E-state index contributed by atoms with van der Waals surface area (Å²) in [4.78, 5) is 2.38. The molecule has 9 aromatic carbocycles. The van der Waals surface area contributed by atoms with Crippen LogP contribution < -0.4 is 4.90 Å². The minimum absolute atomic E-state index is 0.184. The van der Waals surface area contributed by atoms with E-state index >= 15 is 0 Å². The fourth-order valence-corrected chi connectivity index (χ4v) is 9.21. The predicted octanol–water partition coefficient (Wildman–Crippen LogP) is 15.5. The molecule has 270 valence electrons. The van der Waals surface area contributed by atoms with Crippen molar-refractivity contribution in [1.82, 2.24) is 0 Å². The fraction of sp³-hybridized carbons (Fsp3) is 0.0545. The number of anilines is 3. The molecule has 1 aromatic heterocycles. The number of fused-ring (bicyclic) bond motifs is 7. The third kappa shape index (κ3) is 5.40. The van der Waals surface area contributed by atoms with Crippen LogP contribution in [0.5, 0.6) is 0 Å². The maximum atomic E-state index is 6.45. The van der Waals surface area contributed by atoms with Crippen LogP contribution in [0.15, 0.2) is 205 Å². The Kier molecular flexibility index (Phi) is 7.55.